The van der Waals surface area contributed by atoms with Crippen LogP contribution in [-0.2, 0) is 0 Å². The molecule has 0 radical (unpaired) electrons. The minimum atomic E-state index is 0.383. The minimum absolute atomic E-state index is 0.383. The molecule has 0 fully saturated rings. The molecule has 5 heteroatoms. The molecule has 0 aliphatic heterocycles. The van der Waals surface area contributed by atoms with Gasteiger partial charge in [0.25, 0.3) is 0 Å². The van der Waals surface area contributed by atoms with E-state index in [1.807, 2.05) is 18.2 Å². The highest BCUT2D eigenvalue weighted by molar-refractivity contribution is 7.26. The van der Waals surface area contributed by atoms with Crippen LogP contribution in [0.4, 0.5) is 0 Å². The number of thiophene rings is 2. The van der Waals surface area contributed by atoms with E-state index in [0.717, 1.165) is 27.8 Å². The largest absolute Gasteiger partial charge is 0.192 e. The molecule has 3 nitrogen and oxygen atoms in total. The number of benzene rings is 7. The van der Waals surface area contributed by atoms with Crippen LogP contribution in [-0.4, -0.2) is 0 Å². The highest BCUT2D eigenvalue weighted by Crippen LogP contribution is 2.42. The van der Waals surface area contributed by atoms with E-state index in [9.17, 15) is 15.8 Å². The first-order valence-electron chi connectivity index (χ1n) is 16.1. The first-order chi connectivity index (χ1) is 24.6. The van der Waals surface area contributed by atoms with Crippen molar-refractivity contribution in [1.82, 2.24) is 0 Å². The molecule has 0 aliphatic carbocycles. The van der Waals surface area contributed by atoms with Crippen molar-refractivity contribution in [3.63, 3.8) is 0 Å². The smallest absolute Gasteiger partial charge is 0.0998 e. The molecule has 2 aromatic heterocycles. The van der Waals surface area contributed by atoms with Gasteiger partial charge in [-0.15, -0.1) is 22.7 Å². The molecule has 0 bridgehead atoms. The van der Waals surface area contributed by atoms with E-state index >= 15 is 0 Å². The third kappa shape index (κ3) is 4.83. The number of nitrogens with zero attached hydrogens (tertiary/aromatic N) is 3. The van der Waals surface area contributed by atoms with Gasteiger partial charge >= 0.3 is 0 Å². The van der Waals surface area contributed by atoms with Gasteiger partial charge in [-0.25, -0.2) is 0 Å². The van der Waals surface area contributed by atoms with Crippen LogP contribution < -0.4 is 0 Å². The fourth-order valence-corrected chi connectivity index (χ4v) is 9.21. The Kier molecular flexibility index (Phi) is 7.01. The van der Waals surface area contributed by atoms with Crippen LogP contribution in [0.2, 0.25) is 0 Å². The molecule has 9 aromatic rings. The SMILES string of the molecule is N#Cc1ccccc1-c1cc(C#N)c(-c2cc(-c3ccc4sc5ccccc5c4c3)cc(-c3ccc4sc5ccccc5c4c3)c2)c(C#N)c1. The Balaban J connectivity index is 1.30. The minimum Gasteiger partial charge on any atom is -0.192 e. The summed E-state index contributed by atoms with van der Waals surface area (Å²) in [6.07, 6.45) is 0. The number of nitriles is 3. The maximum Gasteiger partial charge on any atom is 0.0998 e. The molecule has 0 saturated heterocycles. The topological polar surface area (TPSA) is 71.4 Å². The van der Waals surface area contributed by atoms with Gasteiger partial charge in [-0.05, 0) is 112 Å². The Morgan fingerprint density at radius 2 is 0.800 bits per heavy atom. The van der Waals surface area contributed by atoms with Crippen LogP contribution in [0.5, 0.6) is 0 Å². The molecule has 0 unspecified atom stereocenters. The van der Waals surface area contributed by atoms with E-state index in [2.05, 4.69) is 121 Å². The standard InChI is InChI=1S/C45H23N3S2/c46-24-29-7-1-2-8-36(29)32-20-34(25-47)45(35(21-32)26-48)33-18-30(27-13-15-43-39(22-27)37-9-3-5-11-41(37)49-43)17-31(19-33)28-14-16-44-40(23-28)38-10-4-6-12-42(38)50-44/h1-23H. The van der Waals surface area contributed by atoms with Gasteiger partial charge in [0.15, 0.2) is 0 Å². The number of fused-ring (bicyclic) bond motifs is 6. The lowest BCUT2D eigenvalue weighted by Gasteiger charge is -2.15. The van der Waals surface area contributed by atoms with Crippen LogP contribution in [0.3, 0.4) is 0 Å². The van der Waals surface area contributed by atoms with Crippen molar-refractivity contribution >= 4 is 63.0 Å². The molecule has 0 atom stereocenters. The summed E-state index contributed by atoms with van der Waals surface area (Å²) in [6.45, 7) is 0. The van der Waals surface area contributed by atoms with Gasteiger partial charge in [-0.3, -0.25) is 0 Å². The quantitative estimate of drug-likeness (QED) is 0.187. The van der Waals surface area contributed by atoms with Gasteiger partial charge in [-0.2, -0.15) is 15.8 Å². The van der Waals surface area contributed by atoms with Gasteiger partial charge in [0.1, 0.15) is 0 Å². The van der Waals surface area contributed by atoms with E-state index in [4.69, 9.17) is 0 Å². The van der Waals surface area contributed by atoms with Crippen molar-refractivity contribution in [3.8, 4) is 62.7 Å². The second-order valence-electron chi connectivity index (χ2n) is 12.2. The fraction of sp³-hybridized carbons (Fsp3) is 0. The molecule has 2 heterocycles. The predicted molar refractivity (Wildman–Crippen MR) is 208 cm³/mol. The van der Waals surface area contributed by atoms with Gasteiger partial charge in [0.05, 0.1) is 34.9 Å². The molecule has 230 valence electrons. The second kappa shape index (κ2) is 11.9. The first-order valence-corrected chi connectivity index (χ1v) is 17.7. The lowest BCUT2D eigenvalue weighted by Crippen LogP contribution is -1.95. The molecule has 0 saturated carbocycles. The maximum absolute atomic E-state index is 10.5. The van der Waals surface area contributed by atoms with Gasteiger partial charge < -0.3 is 0 Å². The molecule has 0 spiro atoms. The lowest BCUT2D eigenvalue weighted by atomic mass is 9.87. The summed E-state index contributed by atoms with van der Waals surface area (Å²) >= 11 is 3.58. The van der Waals surface area contributed by atoms with Crippen LogP contribution >= 0.6 is 22.7 Å². The molecule has 50 heavy (non-hydrogen) atoms. The van der Waals surface area contributed by atoms with E-state index in [1.165, 1.54) is 40.3 Å². The molecule has 0 amide bonds. The van der Waals surface area contributed by atoms with E-state index in [1.54, 1.807) is 40.9 Å². The van der Waals surface area contributed by atoms with Crippen LogP contribution in [0.1, 0.15) is 16.7 Å². The first kappa shape index (κ1) is 29.6. The summed E-state index contributed by atoms with van der Waals surface area (Å²) in [5.74, 6) is 0. The van der Waals surface area contributed by atoms with Crippen molar-refractivity contribution in [2.24, 2.45) is 0 Å². The predicted octanol–water partition coefficient (Wildman–Crippen LogP) is 12.7. The second-order valence-corrected chi connectivity index (χ2v) is 14.4. The van der Waals surface area contributed by atoms with Gasteiger partial charge in [0, 0.05) is 45.9 Å². The zero-order valence-electron chi connectivity index (χ0n) is 26.4. The molecular weight excluding hydrogens is 647 g/mol. The molecule has 7 aromatic carbocycles. The average molecular weight is 670 g/mol. The van der Waals surface area contributed by atoms with Gasteiger partial charge in [-0.1, -0.05) is 66.7 Å². The summed E-state index contributed by atoms with van der Waals surface area (Å²) < 4.78 is 4.96. The normalized spacial score (nSPS) is 11.1. The fourth-order valence-electron chi connectivity index (χ4n) is 7.03. The average Bonchev–Trinajstić information content (AvgIpc) is 3.74. The van der Waals surface area contributed by atoms with Crippen molar-refractivity contribution < 1.29 is 0 Å². The van der Waals surface area contributed by atoms with Crippen LogP contribution in [0, 0.1) is 34.0 Å². The summed E-state index contributed by atoms with van der Waals surface area (Å²) in [7, 11) is 0. The van der Waals surface area contributed by atoms with Crippen molar-refractivity contribution in [2.45, 2.75) is 0 Å². The summed E-state index contributed by atoms with van der Waals surface area (Å²) in [5.41, 5.74) is 8.10. The van der Waals surface area contributed by atoms with Crippen LogP contribution in [0.25, 0.3) is 84.9 Å². The van der Waals surface area contributed by atoms with E-state index < -0.39 is 0 Å². The highest BCUT2D eigenvalue weighted by atomic mass is 32.1. The third-order valence-corrected chi connectivity index (χ3v) is 11.7. The Morgan fingerprint density at radius 1 is 0.340 bits per heavy atom. The Bertz CT molecular complexity index is 2810. The van der Waals surface area contributed by atoms with Crippen molar-refractivity contribution in [3.05, 3.63) is 156 Å². The molecular formula is C45H23N3S2. The maximum atomic E-state index is 10.5. The summed E-state index contributed by atoms with van der Waals surface area (Å²) in [6, 6.07) is 54.5. The molecule has 9 rings (SSSR count). The number of hydrogen-bond acceptors (Lipinski definition) is 5. The molecule has 0 N–H and O–H groups in total. The van der Waals surface area contributed by atoms with Gasteiger partial charge in [0.2, 0.25) is 0 Å². The zero-order valence-corrected chi connectivity index (χ0v) is 28.1. The van der Waals surface area contributed by atoms with E-state index in [0.29, 0.717) is 33.4 Å². The Morgan fingerprint density at radius 3 is 1.34 bits per heavy atom. The summed E-state index contributed by atoms with van der Waals surface area (Å²) in [5, 5.41) is 35.7. The van der Waals surface area contributed by atoms with Crippen molar-refractivity contribution in [2.75, 3.05) is 0 Å². The lowest BCUT2D eigenvalue weighted by molar-refractivity contribution is 1.43. The summed E-state index contributed by atoms with van der Waals surface area (Å²) in [4.78, 5) is 0. The Labute approximate surface area is 296 Å². The Hall–Kier alpha value is -6.55. The highest BCUT2D eigenvalue weighted by Gasteiger charge is 2.19. The molecule has 0 aliphatic rings. The number of hydrogen-bond donors (Lipinski definition) is 0. The van der Waals surface area contributed by atoms with E-state index in [-0.39, 0.29) is 0 Å². The zero-order chi connectivity index (χ0) is 33.8. The monoisotopic (exact) mass is 669 g/mol. The number of rotatable bonds is 4. The van der Waals surface area contributed by atoms with Crippen molar-refractivity contribution in [1.29, 1.82) is 15.8 Å². The third-order valence-electron chi connectivity index (χ3n) is 9.38. The van der Waals surface area contributed by atoms with Crippen LogP contribution in [0.15, 0.2) is 140 Å².